The quantitative estimate of drug-likeness (QED) is 0.502. The van der Waals surface area contributed by atoms with Gasteiger partial charge in [-0.1, -0.05) is 12.1 Å². The number of thiophene rings is 1. The number of aryl methyl sites for hydroxylation is 1. The number of nitrogen functional groups attached to an aromatic ring is 1. The molecule has 0 fully saturated rings. The van der Waals surface area contributed by atoms with Crippen LogP contribution in [0.4, 0.5) is 5.82 Å². The summed E-state index contributed by atoms with van der Waals surface area (Å²) in [7, 11) is 3.26. The molecule has 0 bridgehead atoms. The Morgan fingerprint density at radius 1 is 1.03 bits per heavy atom. The highest BCUT2D eigenvalue weighted by Crippen LogP contribution is 2.30. The number of rotatable bonds is 7. The summed E-state index contributed by atoms with van der Waals surface area (Å²) in [6.07, 6.45) is 5.00. The number of nitrogens with two attached hydrogens (primary N) is 1. The predicted molar refractivity (Wildman–Crippen MR) is 114 cm³/mol. The van der Waals surface area contributed by atoms with E-state index in [9.17, 15) is 0 Å². The lowest BCUT2D eigenvalue weighted by atomic mass is 10.0. The fourth-order valence-corrected chi connectivity index (χ4v) is 3.79. The van der Waals surface area contributed by atoms with E-state index >= 15 is 0 Å². The maximum absolute atomic E-state index is 6.37. The van der Waals surface area contributed by atoms with Gasteiger partial charge in [0.25, 0.3) is 0 Å². The highest BCUT2D eigenvalue weighted by molar-refractivity contribution is 7.13. The van der Waals surface area contributed by atoms with Gasteiger partial charge in [0.05, 0.1) is 19.1 Å². The summed E-state index contributed by atoms with van der Waals surface area (Å²) >= 11 is 1.58. The Hall–Kier alpha value is -3.39. The predicted octanol–water partition coefficient (Wildman–Crippen LogP) is 3.78. The van der Waals surface area contributed by atoms with Crippen molar-refractivity contribution < 1.29 is 9.47 Å². The van der Waals surface area contributed by atoms with Gasteiger partial charge in [-0.3, -0.25) is 0 Å². The average molecular weight is 407 g/mol. The summed E-state index contributed by atoms with van der Waals surface area (Å²) in [5.74, 6) is 3.19. The van der Waals surface area contributed by atoms with Crippen LogP contribution in [0.2, 0.25) is 0 Å². The molecule has 0 amide bonds. The van der Waals surface area contributed by atoms with E-state index in [0.29, 0.717) is 35.4 Å². The summed E-state index contributed by atoms with van der Waals surface area (Å²) < 4.78 is 12.5. The van der Waals surface area contributed by atoms with Crippen molar-refractivity contribution in [2.24, 2.45) is 0 Å². The van der Waals surface area contributed by atoms with Gasteiger partial charge >= 0.3 is 0 Å². The minimum atomic E-state index is 0.467. The van der Waals surface area contributed by atoms with Crippen LogP contribution >= 0.6 is 11.3 Å². The van der Waals surface area contributed by atoms with E-state index in [1.54, 1.807) is 36.4 Å². The van der Waals surface area contributed by atoms with Crippen LogP contribution in [-0.2, 0) is 12.8 Å². The molecule has 4 aromatic rings. The number of hydrogen-bond donors (Lipinski definition) is 1. The lowest BCUT2D eigenvalue weighted by Gasteiger charge is -2.14. The molecule has 2 N–H and O–H groups in total. The summed E-state index contributed by atoms with van der Waals surface area (Å²) in [6, 6.07) is 11.7. The van der Waals surface area contributed by atoms with E-state index in [1.165, 1.54) is 0 Å². The molecule has 0 saturated heterocycles. The molecule has 0 aliphatic rings. The van der Waals surface area contributed by atoms with E-state index in [1.807, 2.05) is 48.0 Å². The van der Waals surface area contributed by atoms with Crippen molar-refractivity contribution in [2.45, 2.75) is 12.8 Å². The molecule has 3 heterocycles. The van der Waals surface area contributed by atoms with Crippen molar-refractivity contribution in [3.05, 3.63) is 65.3 Å². The molecule has 0 atom stereocenters. The first-order chi connectivity index (χ1) is 14.2. The van der Waals surface area contributed by atoms with E-state index in [4.69, 9.17) is 20.2 Å². The monoisotopic (exact) mass is 407 g/mol. The first-order valence-corrected chi connectivity index (χ1v) is 9.98. The number of anilines is 1. The Balaban J connectivity index is 1.68. The van der Waals surface area contributed by atoms with Crippen LogP contribution in [0.1, 0.15) is 11.1 Å². The van der Waals surface area contributed by atoms with E-state index in [2.05, 4.69) is 10.1 Å². The summed E-state index contributed by atoms with van der Waals surface area (Å²) in [5, 5.41) is 6.35. The van der Waals surface area contributed by atoms with Gasteiger partial charge in [0.1, 0.15) is 5.82 Å². The first-order valence-electron chi connectivity index (χ1n) is 9.10. The van der Waals surface area contributed by atoms with Crippen LogP contribution in [0.15, 0.2) is 54.2 Å². The maximum atomic E-state index is 6.37. The Labute approximate surface area is 172 Å². The number of aromatic nitrogens is 4. The molecule has 1 aromatic carbocycles. The Morgan fingerprint density at radius 2 is 1.90 bits per heavy atom. The summed E-state index contributed by atoms with van der Waals surface area (Å²) in [5.41, 5.74) is 8.34. The fourth-order valence-electron chi connectivity index (χ4n) is 3.13. The highest BCUT2D eigenvalue weighted by Gasteiger charge is 2.16. The average Bonchev–Trinajstić information content (AvgIpc) is 3.46. The van der Waals surface area contributed by atoms with Gasteiger partial charge in [-0.25, -0.2) is 14.6 Å². The van der Waals surface area contributed by atoms with E-state index < -0.39 is 0 Å². The number of benzene rings is 1. The zero-order valence-corrected chi connectivity index (χ0v) is 17.0. The Bertz CT molecular complexity index is 1090. The molecule has 0 radical (unpaired) electrons. The zero-order valence-electron chi connectivity index (χ0n) is 16.2. The number of nitrogens with zero attached hydrogens (tertiary/aromatic N) is 4. The molecule has 7 nitrogen and oxygen atoms in total. The lowest BCUT2D eigenvalue weighted by molar-refractivity contribution is 0.354. The molecule has 148 valence electrons. The van der Waals surface area contributed by atoms with Gasteiger partial charge in [0, 0.05) is 18.0 Å². The minimum Gasteiger partial charge on any atom is -0.493 e. The molecule has 29 heavy (non-hydrogen) atoms. The molecule has 0 saturated carbocycles. The molecule has 4 rings (SSSR count). The van der Waals surface area contributed by atoms with Crippen LogP contribution in [0, 0.1) is 0 Å². The van der Waals surface area contributed by atoms with Crippen molar-refractivity contribution in [2.75, 3.05) is 20.0 Å². The Kier molecular flexibility index (Phi) is 5.44. The zero-order chi connectivity index (χ0) is 20.2. The van der Waals surface area contributed by atoms with Gasteiger partial charge in [0.2, 0.25) is 0 Å². The van der Waals surface area contributed by atoms with Crippen LogP contribution in [0.3, 0.4) is 0 Å². The van der Waals surface area contributed by atoms with Gasteiger partial charge < -0.3 is 15.2 Å². The second-order valence-corrected chi connectivity index (χ2v) is 7.30. The van der Waals surface area contributed by atoms with Gasteiger partial charge in [-0.2, -0.15) is 5.10 Å². The first kappa shape index (κ1) is 18.9. The largest absolute Gasteiger partial charge is 0.493 e. The van der Waals surface area contributed by atoms with Gasteiger partial charge in [-0.15, -0.1) is 11.3 Å². The van der Waals surface area contributed by atoms with E-state index in [0.717, 1.165) is 22.4 Å². The number of methoxy groups -OCH3 is 2. The molecule has 0 spiro atoms. The van der Waals surface area contributed by atoms with Gasteiger partial charge in [0.15, 0.2) is 23.1 Å². The third kappa shape index (κ3) is 3.93. The second kappa shape index (κ2) is 8.32. The number of ether oxygens (including phenoxy) is 2. The van der Waals surface area contributed by atoms with Crippen molar-refractivity contribution in [3.8, 4) is 28.0 Å². The van der Waals surface area contributed by atoms with Crippen molar-refractivity contribution >= 4 is 17.2 Å². The van der Waals surface area contributed by atoms with Crippen LogP contribution < -0.4 is 15.2 Å². The van der Waals surface area contributed by atoms with Crippen molar-refractivity contribution in [1.29, 1.82) is 0 Å². The molecular weight excluding hydrogens is 386 g/mol. The van der Waals surface area contributed by atoms with Crippen LogP contribution in [-0.4, -0.2) is 34.0 Å². The molecular formula is C21H21N5O2S. The second-order valence-electron chi connectivity index (χ2n) is 6.35. The maximum Gasteiger partial charge on any atom is 0.173 e. The highest BCUT2D eigenvalue weighted by atomic mass is 32.1. The molecule has 0 unspecified atom stereocenters. The number of hydrogen-bond acceptors (Lipinski definition) is 7. The Morgan fingerprint density at radius 3 is 2.59 bits per heavy atom. The summed E-state index contributed by atoms with van der Waals surface area (Å²) in [6.45, 7) is 0. The molecule has 8 heteroatoms. The van der Waals surface area contributed by atoms with Gasteiger partial charge in [-0.05, 0) is 48.1 Å². The SMILES string of the molecule is COc1ccc(CCc2c(N)nc(-c3cccs3)nc2-n2cccn2)cc1OC. The van der Waals surface area contributed by atoms with E-state index in [-0.39, 0.29) is 0 Å². The van der Waals surface area contributed by atoms with Crippen molar-refractivity contribution in [3.63, 3.8) is 0 Å². The molecule has 0 aliphatic heterocycles. The van der Waals surface area contributed by atoms with Crippen LogP contribution in [0.25, 0.3) is 16.5 Å². The fraction of sp³-hybridized carbons (Fsp3) is 0.190. The van der Waals surface area contributed by atoms with Crippen LogP contribution in [0.5, 0.6) is 11.5 Å². The minimum absolute atomic E-state index is 0.467. The normalized spacial score (nSPS) is 10.8. The summed E-state index contributed by atoms with van der Waals surface area (Å²) in [4.78, 5) is 10.3. The third-order valence-electron chi connectivity index (χ3n) is 4.59. The standard InChI is InChI=1S/C21H21N5O2S/c1-27-16-9-7-14(13-17(16)28-2)6-8-15-19(22)24-20(18-5-3-12-29-18)25-21(15)26-11-4-10-23-26/h3-5,7,9-13H,6,8H2,1-2H3,(H2,22,24,25). The third-order valence-corrected chi connectivity index (χ3v) is 5.46. The smallest absolute Gasteiger partial charge is 0.173 e. The van der Waals surface area contributed by atoms with Crippen molar-refractivity contribution in [1.82, 2.24) is 19.7 Å². The topological polar surface area (TPSA) is 88.1 Å². The molecule has 3 aromatic heterocycles. The molecule has 0 aliphatic carbocycles. The lowest BCUT2D eigenvalue weighted by Crippen LogP contribution is -2.11.